The number of carbonyl (C=O) groups excluding carboxylic acids is 1. The van der Waals surface area contributed by atoms with E-state index >= 15 is 0 Å². The second kappa shape index (κ2) is 6.65. The Labute approximate surface area is 116 Å². The van der Waals surface area contributed by atoms with Gasteiger partial charge in [-0.2, -0.15) is 0 Å². The molecule has 0 saturated heterocycles. The molecule has 104 valence electrons. The molecule has 0 fully saturated rings. The number of nitrogens with zero attached hydrogens (tertiary/aromatic N) is 1. The lowest BCUT2D eigenvalue weighted by Gasteiger charge is -2.14. The molecule has 1 atom stereocenters. The number of hydrogen-bond acceptors (Lipinski definition) is 3. The van der Waals surface area contributed by atoms with Crippen molar-refractivity contribution in [2.24, 2.45) is 0 Å². The Hall–Kier alpha value is -2.43. The van der Waals surface area contributed by atoms with Gasteiger partial charge in [0.1, 0.15) is 11.6 Å². The summed E-state index contributed by atoms with van der Waals surface area (Å²) < 4.78 is 18.2. The van der Waals surface area contributed by atoms with Gasteiger partial charge in [0, 0.05) is 6.20 Å². The molecule has 20 heavy (non-hydrogen) atoms. The van der Waals surface area contributed by atoms with Gasteiger partial charge in [-0.15, -0.1) is 0 Å². The van der Waals surface area contributed by atoms with Gasteiger partial charge in [0.05, 0.1) is 12.2 Å². The maximum absolute atomic E-state index is 12.7. The van der Waals surface area contributed by atoms with Crippen LogP contribution in [0.25, 0.3) is 0 Å². The molecular weight excluding hydrogens is 259 g/mol. The number of hydrogen-bond donors (Lipinski definition) is 1. The number of benzene rings is 1. The average Bonchev–Trinajstić information content (AvgIpc) is 2.48. The van der Waals surface area contributed by atoms with Crippen LogP contribution in [0.3, 0.4) is 0 Å². The number of pyridine rings is 1. The highest BCUT2D eigenvalue weighted by Gasteiger charge is 2.14. The molecule has 1 aromatic carbocycles. The van der Waals surface area contributed by atoms with Gasteiger partial charge in [0.15, 0.2) is 6.10 Å². The van der Waals surface area contributed by atoms with E-state index in [0.29, 0.717) is 12.3 Å². The minimum absolute atomic E-state index is 0.250. The van der Waals surface area contributed by atoms with E-state index < -0.39 is 6.10 Å². The first-order valence-electron chi connectivity index (χ1n) is 6.25. The summed E-state index contributed by atoms with van der Waals surface area (Å²) in [5.74, 6) is -0.142. The Morgan fingerprint density at radius 1 is 1.30 bits per heavy atom. The Balaban J connectivity index is 1.84. The predicted molar refractivity (Wildman–Crippen MR) is 72.6 cm³/mol. The molecule has 1 amide bonds. The number of nitrogens with one attached hydrogen (secondary N) is 1. The van der Waals surface area contributed by atoms with Crippen molar-refractivity contribution in [1.29, 1.82) is 0 Å². The van der Waals surface area contributed by atoms with Crippen LogP contribution in [0.1, 0.15) is 12.6 Å². The minimum Gasteiger partial charge on any atom is -0.481 e. The fourth-order valence-corrected chi connectivity index (χ4v) is 1.59. The second-order valence-corrected chi connectivity index (χ2v) is 4.25. The highest BCUT2D eigenvalue weighted by Crippen LogP contribution is 2.13. The monoisotopic (exact) mass is 274 g/mol. The van der Waals surface area contributed by atoms with E-state index in [4.69, 9.17) is 4.74 Å². The van der Waals surface area contributed by atoms with Crippen LogP contribution in [0, 0.1) is 5.82 Å². The van der Waals surface area contributed by atoms with Crippen molar-refractivity contribution in [2.45, 2.75) is 19.6 Å². The molecule has 1 heterocycles. The van der Waals surface area contributed by atoms with Gasteiger partial charge in [0.25, 0.3) is 5.91 Å². The molecule has 0 aliphatic rings. The summed E-state index contributed by atoms with van der Waals surface area (Å²) in [6.45, 7) is 1.98. The van der Waals surface area contributed by atoms with Crippen LogP contribution in [0.5, 0.6) is 5.75 Å². The molecule has 4 nitrogen and oxygen atoms in total. The SMILES string of the molecule is C[C@H](Oc1ccc(F)cc1)C(=O)NCc1ccccn1. The van der Waals surface area contributed by atoms with Gasteiger partial charge >= 0.3 is 0 Å². The van der Waals surface area contributed by atoms with Crippen LogP contribution in [-0.4, -0.2) is 17.0 Å². The molecular formula is C15H15FN2O2. The maximum Gasteiger partial charge on any atom is 0.261 e. The topological polar surface area (TPSA) is 51.2 Å². The van der Waals surface area contributed by atoms with E-state index in [2.05, 4.69) is 10.3 Å². The lowest BCUT2D eigenvalue weighted by Crippen LogP contribution is -2.36. The third-order valence-corrected chi connectivity index (χ3v) is 2.67. The zero-order valence-electron chi connectivity index (χ0n) is 11.0. The first-order valence-corrected chi connectivity index (χ1v) is 6.25. The quantitative estimate of drug-likeness (QED) is 0.910. The molecule has 2 aromatic rings. The first kappa shape index (κ1) is 14.0. The molecule has 1 aromatic heterocycles. The predicted octanol–water partition coefficient (Wildman–Crippen LogP) is 2.30. The highest BCUT2D eigenvalue weighted by molar-refractivity contribution is 5.80. The minimum atomic E-state index is -0.663. The van der Waals surface area contributed by atoms with E-state index in [1.54, 1.807) is 13.1 Å². The molecule has 0 aliphatic heterocycles. The molecule has 0 aliphatic carbocycles. The molecule has 5 heteroatoms. The Morgan fingerprint density at radius 2 is 2.05 bits per heavy atom. The molecule has 1 N–H and O–H groups in total. The van der Waals surface area contributed by atoms with Gasteiger partial charge in [-0.25, -0.2) is 4.39 Å². The fraction of sp³-hybridized carbons (Fsp3) is 0.200. The molecule has 0 spiro atoms. The molecule has 0 unspecified atom stereocenters. The molecule has 0 radical (unpaired) electrons. The number of aromatic nitrogens is 1. The van der Waals surface area contributed by atoms with Crippen molar-refractivity contribution in [3.8, 4) is 5.75 Å². The second-order valence-electron chi connectivity index (χ2n) is 4.25. The van der Waals surface area contributed by atoms with Crippen molar-refractivity contribution in [3.05, 3.63) is 60.2 Å². The largest absolute Gasteiger partial charge is 0.481 e. The number of amides is 1. The van der Waals surface area contributed by atoms with Gasteiger partial charge in [-0.3, -0.25) is 9.78 Å². The van der Waals surface area contributed by atoms with E-state index in [-0.39, 0.29) is 11.7 Å². The summed E-state index contributed by atoms with van der Waals surface area (Å²) in [5.41, 5.74) is 0.773. The van der Waals surface area contributed by atoms with Gasteiger partial charge in [0.2, 0.25) is 0 Å². The summed E-state index contributed by atoms with van der Waals surface area (Å²) in [7, 11) is 0. The lowest BCUT2D eigenvalue weighted by molar-refractivity contribution is -0.127. The van der Waals surface area contributed by atoms with Crippen molar-refractivity contribution < 1.29 is 13.9 Å². The van der Waals surface area contributed by atoms with Crippen molar-refractivity contribution in [2.75, 3.05) is 0 Å². The fourth-order valence-electron chi connectivity index (χ4n) is 1.59. The normalized spacial score (nSPS) is 11.7. The standard InChI is InChI=1S/C15H15FN2O2/c1-11(20-14-7-5-12(16)6-8-14)15(19)18-10-13-4-2-3-9-17-13/h2-9,11H,10H2,1H3,(H,18,19)/t11-/m0/s1. The van der Waals surface area contributed by atoms with Crippen molar-refractivity contribution in [1.82, 2.24) is 10.3 Å². The van der Waals surface area contributed by atoms with Crippen LogP contribution in [0.15, 0.2) is 48.7 Å². The Bertz CT molecular complexity index is 558. The van der Waals surface area contributed by atoms with Crippen LogP contribution < -0.4 is 10.1 Å². The third kappa shape index (κ3) is 4.05. The Morgan fingerprint density at radius 3 is 2.70 bits per heavy atom. The molecule has 0 saturated carbocycles. The number of carbonyl (C=O) groups is 1. The van der Waals surface area contributed by atoms with Crippen LogP contribution >= 0.6 is 0 Å². The average molecular weight is 274 g/mol. The number of rotatable bonds is 5. The third-order valence-electron chi connectivity index (χ3n) is 2.67. The van der Waals surface area contributed by atoms with Crippen molar-refractivity contribution >= 4 is 5.91 Å². The molecule has 0 bridgehead atoms. The zero-order valence-corrected chi connectivity index (χ0v) is 11.0. The smallest absolute Gasteiger partial charge is 0.261 e. The van der Waals surface area contributed by atoms with Gasteiger partial charge in [-0.05, 0) is 43.3 Å². The summed E-state index contributed by atoms with van der Waals surface area (Å²) in [6, 6.07) is 11.0. The van der Waals surface area contributed by atoms with Crippen LogP contribution in [0.2, 0.25) is 0 Å². The lowest BCUT2D eigenvalue weighted by atomic mass is 10.3. The van der Waals surface area contributed by atoms with E-state index in [1.807, 2.05) is 18.2 Å². The number of ether oxygens (including phenoxy) is 1. The first-order chi connectivity index (χ1) is 9.65. The number of halogens is 1. The van der Waals surface area contributed by atoms with E-state index in [9.17, 15) is 9.18 Å². The summed E-state index contributed by atoms with van der Waals surface area (Å²) >= 11 is 0. The molecule has 2 rings (SSSR count). The Kier molecular flexibility index (Phi) is 4.65. The summed E-state index contributed by atoms with van der Waals surface area (Å²) in [4.78, 5) is 16.0. The zero-order chi connectivity index (χ0) is 14.4. The van der Waals surface area contributed by atoms with E-state index in [0.717, 1.165) is 5.69 Å². The van der Waals surface area contributed by atoms with Crippen LogP contribution in [0.4, 0.5) is 4.39 Å². The summed E-state index contributed by atoms with van der Waals surface area (Å²) in [6.07, 6.45) is 1.00. The maximum atomic E-state index is 12.7. The highest BCUT2D eigenvalue weighted by atomic mass is 19.1. The van der Waals surface area contributed by atoms with Crippen LogP contribution in [-0.2, 0) is 11.3 Å². The van der Waals surface area contributed by atoms with Gasteiger partial charge in [-0.1, -0.05) is 6.07 Å². The van der Waals surface area contributed by atoms with Crippen molar-refractivity contribution in [3.63, 3.8) is 0 Å². The van der Waals surface area contributed by atoms with Gasteiger partial charge < -0.3 is 10.1 Å². The van der Waals surface area contributed by atoms with E-state index in [1.165, 1.54) is 24.3 Å². The summed E-state index contributed by atoms with van der Waals surface area (Å²) in [5, 5.41) is 2.73.